The first-order valence-electron chi connectivity index (χ1n) is 13.4. The maximum Gasteiger partial charge on any atom is 0.227 e. The summed E-state index contributed by atoms with van der Waals surface area (Å²) in [7, 11) is 4.10. The van der Waals surface area contributed by atoms with Gasteiger partial charge in [-0.3, -0.25) is 4.79 Å². The van der Waals surface area contributed by atoms with Gasteiger partial charge in [-0.25, -0.2) is 9.37 Å². The third kappa shape index (κ3) is 5.64. The van der Waals surface area contributed by atoms with Gasteiger partial charge >= 0.3 is 0 Å². The summed E-state index contributed by atoms with van der Waals surface area (Å²) in [4.78, 5) is 20.0. The Hall–Kier alpha value is -3.93. The van der Waals surface area contributed by atoms with Crippen LogP contribution in [-0.4, -0.2) is 37.1 Å². The molecule has 0 radical (unpaired) electrons. The molecule has 4 aromatic rings. The monoisotopic (exact) mass is 510 g/mol. The van der Waals surface area contributed by atoms with Crippen molar-refractivity contribution in [3.8, 4) is 11.1 Å². The number of nitrogens with one attached hydrogen (secondary N) is 2. The Morgan fingerprint density at radius 1 is 0.921 bits per heavy atom. The highest BCUT2D eigenvalue weighted by Gasteiger charge is 2.25. The van der Waals surface area contributed by atoms with Crippen molar-refractivity contribution in [2.45, 2.75) is 50.6 Å². The fourth-order valence-electron chi connectivity index (χ4n) is 5.32. The number of carbonyl (C=O) groups excluding carboxylic acids is 1. The van der Waals surface area contributed by atoms with Gasteiger partial charge in [-0.1, -0.05) is 60.7 Å². The minimum Gasteiger partial charge on any atom is -0.377 e. The van der Waals surface area contributed by atoms with Crippen molar-refractivity contribution in [3.63, 3.8) is 0 Å². The summed E-state index contributed by atoms with van der Waals surface area (Å²) in [5, 5.41) is 7.96. The van der Waals surface area contributed by atoms with Crippen molar-refractivity contribution in [2.75, 3.05) is 24.3 Å². The van der Waals surface area contributed by atoms with Crippen LogP contribution in [0.4, 0.5) is 15.9 Å². The maximum atomic E-state index is 14.8. The summed E-state index contributed by atoms with van der Waals surface area (Å²) < 4.78 is 14.8. The topological polar surface area (TPSA) is 57.3 Å². The Morgan fingerprint density at radius 3 is 2.32 bits per heavy atom. The molecule has 0 unspecified atom stereocenters. The molecule has 1 aromatic heterocycles. The molecular formula is C32H35FN4O. The summed E-state index contributed by atoms with van der Waals surface area (Å²) in [6.07, 6.45) is 3.69. The lowest BCUT2D eigenvalue weighted by atomic mass is 9.90. The van der Waals surface area contributed by atoms with Crippen LogP contribution < -0.4 is 15.5 Å². The molecule has 1 aliphatic rings. The van der Waals surface area contributed by atoms with Gasteiger partial charge in [0.2, 0.25) is 5.91 Å². The van der Waals surface area contributed by atoms with E-state index in [-0.39, 0.29) is 17.8 Å². The molecule has 0 saturated heterocycles. The van der Waals surface area contributed by atoms with E-state index in [1.54, 1.807) is 6.07 Å². The lowest BCUT2D eigenvalue weighted by Crippen LogP contribution is -2.41. The van der Waals surface area contributed by atoms with Gasteiger partial charge in [0.15, 0.2) is 0 Å². The number of amides is 1. The molecular weight excluding hydrogens is 475 g/mol. The number of aromatic nitrogens is 1. The van der Waals surface area contributed by atoms with E-state index in [1.165, 1.54) is 6.07 Å². The summed E-state index contributed by atoms with van der Waals surface area (Å²) in [6.45, 7) is 1.84. The van der Waals surface area contributed by atoms with Crippen LogP contribution in [0.5, 0.6) is 0 Å². The van der Waals surface area contributed by atoms with E-state index >= 15 is 0 Å². The average Bonchev–Trinajstić information content (AvgIpc) is 2.93. The second-order valence-corrected chi connectivity index (χ2v) is 10.5. The quantitative estimate of drug-likeness (QED) is 0.289. The van der Waals surface area contributed by atoms with Gasteiger partial charge in [0, 0.05) is 48.9 Å². The SMILES string of the molecule is C[C@H](C(=O)N[C@H]1CC[C@@H](Nc2cc(N(C)C)c3ccccc3n2)CC1)c1ccc(-c2ccccc2)c(F)c1. The van der Waals surface area contributed by atoms with Crippen molar-refractivity contribution < 1.29 is 9.18 Å². The molecule has 0 spiro atoms. The molecule has 196 valence electrons. The van der Waals surface area contributed by atoms with E-state index in [2.05, 4.69) is 27.7 Å². The van der Waals surface area contributed by atoms with E-state index in [0.717, 1.165) is 53.7 Å². The molecule has 1 amide bonds. The molecule has 0 aliphatic heterocycles. The number of hydrogen-bond donors (Lipinski definition) is 2. The van der Waals surface area contributed by atoms with Gasteiger partial charge in [0.05, 0.1) is 11.4 Å². The predicted octanol–water partition coefficient (Wildman–Crippen LogP) is 6.75. The number of fused-ring (bicyclic) bond motifs is 1. The maximum absolute atomic E-state index is 14.8. The molecule has 1 heterocycles. The van der Waals surface area contributed by atoms with E-state index in [4.69, 9.17) is 4.98 Å². The number of rotatable bonds is 7. The van der Waals surface area contributed by atoms with Crippen molar-refractivity contribution in [1.82, 2.24) is 10.3 Å². The van der Waals surface area contributed by atoms with Gasteiger partial charge in [0.1, 0.15) is 11.6 Å². The summed E-state index contributed by atoms with van der Waals surface area (Å²) in [6, 6.07) is 25.3. The Kier molecular flexibility index (Phi) is 7.59. The van der Waals surface area contributed by atoms with Crippen LogP contribution in [0.2, 0.25) is 0 Å². The first-order valence-corrected chi connectivity index (χ1v) is 13.4. The fourth-order valence-corrected chi connectivity index (χ4v) is 5.32. The molecule has 38 heavy (non-hydrogen) atoms. The molecule has 3 aromatic carbocycles. The number of pyridine rings is 1. The van der Waals surface area contributed by atoms with Crippen molar-refractivity contribution in [1.29, 1.82) is 0 Å². The largest absolute Gasteiger partial charge is 0.377 e. The number of anilines is 2. The Morgan fingerprint density at radius 2 is 1.61 bits per heavy atom. The Balaban J connectivity index is 1.17. The zero-order valence-electron chi connectivity index (χ0n) is 22.2. The predicted molar refractivity (Wildman–Crippen MR) is 154 cm³/mol. The molecule has 2 N–H and O–H groups in total. The molecule has 5 nitrogen and oxygen atoms in total. The van der Waals surface area contributed by atoms with Gasteiger partial charge in [-0.15, -0.1) is 0 Å². The second kappa shape index (κ2) is 11.2. The number of benzene rings is 3. The van der Waals surface area contributed by atoms with Crippen LogP contribution in [0.15, 0.2) is 78.9 Å². The van der Waals surface area contributed by atoms with Crippen LogP contribution >= 0.6 is 0 Å². The first kappa shape index (κ1) is 25.7. The third-order valence-electron chi connectivity index (χ3n) is 7.57. The lowest BCUT2D eigenvalue weighted by Gasteiger charge is -2.31. The summed E-state index contributed by atoms with van der Waals surface area (Å²) >= 11 is 0. The van der Waals surface area contributed by atoms with Crippen LogP contribution in [0.1, 0.15) is 44.1 Å². The van der Waals surface area contributed by atoms with Crippen LogP contribution in [0.3, 0.4) is 0 Å². The van der Waals surface area contributed by atoms with Crippen molar-refractivity contribution in [3.05, 3.63) is 90.2 Å². The van der Waals surface area contributed by atoms with Crippen LogP contribution in [0.25, 0.3) is 22.0 Å². The van der Waals surface area contributed by atoms with Gasteiger partial charge in [-0.2, -0.15) is 0 Å². The van der Waals surface area contributed by atoms with E-state index in [1.807, 2.05) is 75.6 Å². The van der Waals surface area contributed by atoms with E-state index in [0.29, 0.717) is 17.2 Å². The number of carbonyl (C=O) groups is 1. The minimum atomic E-state index is -0.420. The lowest BCUT2D eigenvalue weighted by molar-refractivity contribution is -0.123. The van der Waals surface area contributed by atoms with Gasteiger partial charge in [0.25, 0.3) is 0 Å². The van der Waals surface area contributed by atoms with E-state index < -0.39 is 5.92 Å². The first-order chi connectivity index (χ1) is 18.4. The number of hydrogen-bond acceptors (Lipinski definition) is 4. The van der Waals surface area contributed by atoms with Crippen LogP contribution in [0, 0.1) is 5.82 Å². The van der Waals surface area contributed by atoms with Crippen molar-refractivity contribution >= 4 is 28.3 Å². The molecule has 1 fully saturated rings. The molecule has 5 rings (SSSR count). The smallest absolute Gasteiger partial charge is 0.227 e. The zero-order valence-corrected chi connectivity index (χ0v) is 22.2. The second-order valence-electron chi connectivity index (χ2n) is 10.5. The van der Waals surface area contributed by atoms with Crippen molar-refractivity contribution in [2.24, 2.45) is 0 Å². The fraction of sp³-hybridized carbons (Fsp3) is 0.312. The molecule has 1 atom stereocenters. The highest BCUT2D eigenvalue weighted by molar-refractivity contribution is 5.93. The third-order valence-corrected chi connectivity index (χ3v) is 7.57. The molecule has 6 heteroatoms. The van der Waals surface area contributed by atoms with Gasteiger partial charge in [-0.05, 0) is 55.9 Å². The van der Waals surface area contributed by atoms with Crippen LogP contribution in [-0.2, 0) is 4.79 Å². The number of halogens is 1. The Labute approximate surface area is 224 Å². The zero-order chi connectivity index (χ0) is 26.6. The standard InChI is InChI=1S/C32H35FN4O/c1-21(23-13-18-26(28(33)19-23)22-9-5-4-6-10-22)32(38)35-25-16-14-24(15-17-25)34-31-20-30(37(2)3)27-11-7-8-12-29(27)36-31/h4-13,18-21,24-25H,14-17H2,1-3H3,(H,34,36)(H,35,38)/t21-,24-,25+/m0/s1. The molecule has 1 saturated carbocycles. The molecule has 0 bridgehead atoms. The summed E-state index contributed by atoms with van der Waals surface area (Å²) in [5.41, 5.74) is 4.18. The minimum absolute atomic E-state index is 0.0555. The Bertz CT molecular complexity index is 1410. The number of nitrogens with zero attached hydrogens (tertiary/aromatic N) is 2. The molecule has 1 aliphatic carbocycles. The van der Waals surface area contributed by atoms with Gasteiger partial charge < -0.3 is 15.5 Å². The average molecular weight is 511 g/mol. The highest BCUT2D eigenvalue weighted by atomic mass is 19.1. The normalized spacial score (nSPS) is 18.1. The summed E-state index contributed by atoms with van der Waals surface area (Å²) in [5.74, 6) is 0.102. The number of para-hydroxylation sites is 1. The van der Waals surface area contributed by atoms with E-state index in [9.17, 15) is 9.18 Å². The highest BCUT2D eigenvalue weighted by Crippen LogP contribution is 2.30.